The van der Waals surface area contributed by atoms with Crippen molar-refractivity contribution < 1.29 is 4.79 Å². The van der Waals surface area contributed by atoms with Crippen LogP contribution >= 0.6 is 0 Å². The quantitative estimate of drug-likeness (QED) is 0.245. The van der Waals surface area contributed by atoms with Crippen LogP contribution in [0.15, 0.2) is 24.5 Å². The highest BCUT2D eigenvalue weighted by molar-refractivity contribution is 5.74. The highest BCUT2D eigenvalue weighted by Crippen LogP contribution is 2.61. The SMILES string of the molecule is CCCCCCCCCCN(CCC12CC3CC(CC(C3)C1)C2)C(=O)NCCCc1ccncc1. The summed E-state index contributed by atoms with van der Waals surface area (Å²) in [5.74, 6) is 2.97. The molecular weight excluding hydrogens is 430 g/mol. The maximum atomic E-state index is 13.2. The van der Waals surface area contributed by atoms with Crippen molar-refractivity contribution >= 4 is 6.03 Å². The van der Waals surface area contributed by atoms with Gasteiger partial charge in [0.05, 0.1) is 0 Å². The molecule has 35 heavy (non-hydrogen) atoms. The van der Waals surface area contributed by atoms with Crippen molar-refractivity contribution in [1.29, 1.82) is 0 Å². The minimum Gasteiger partial charge on any atom is -0.338 e. The van der Waals surface area contributed by atoms with Crippen LogP contribution in [0.5, 0.6) is 0 Å². The third-order valence-electron chi connectivity index (χ3n) is 9.31. The molecule has 4 heteroatoms. The molecule has 0 radical (unpaired) electrons. The summed E-state index contributed by atoms with van der Waals surface area (Å²) in [6, 6.07) is 4.32. The molecule has 196 valence electrons. The van der Waals surface area contributed by atoms with Crippen molar-refractivity contribution in [3.63, 3.8) is 0 Å². The van der Waals surface area contributed by atoms with Gasteiger partial charge in [0.2, 0.25) is 0 Å². The van der Waals surface area contributed by atoms with Crippen LogP contribution in [-0.4, -0.2) is 35.5 Å². The minimum atomic E-state index is 0.174. The van der Waals surface area contributed by atoms with Crippen LogP contribution in [0.25, 0.3) is 0 Å². The molecule has 1 aromatic heterocycles. The Kier molecular flexibility index (Phi) is 10.3. The fourth-order valence-electron chi connectivity index (χ4n) is 7.87. The molecule has 4 nitrogen and oxygen atoms in total. The first kappa shape index (κ1) is 26.5. The number of hydrogen-bond acceptors (Lipinski definition) is 2. The van der Waals surface area contributed by atoms with Crippen LogP contribution in [-0.2, 0) is 6.42 Å². The van der Waals surface area contributed by atoms with Crippen LogP contribution < -0.4 is 5.32 Å². The van der Waals surface area contributed by atoms with Crippen molar-refractivity contribution in [2.45, 2.75) is 116 Å². The van der Waals surface area contributed by atoms with E-state index in [2.05, 4.69) is 34.3 Å². The summed E-state index contributed by atoms with van der Waals surface area (Å²) in [6.07, 6.45) is 26.3. The first-order chi connectivity index (χ1) is 17.2. The molecule has 1 N–H and O–H groups in total. The van der Waals surface area contributed by atoms with Gasteiger partial charge in [-0.1, -0.05) is 51.9 Å². The van der Waals surface area contributed by atoms with Gasteiger partial charge in [-0.25, -0.2) is 4.79 Å². The number of amides is 2. The highest BCUT2D eigenvalue weighted by atomic mass is 16.2. The fraction of sp³-hybridized carbons (Fsp3) is 0.806. The topological polar surface area (TPSA) is 45.2 Å². The second kappa shape index (κ2) is 13.7. The Labute approximate surface area is 215 Å². The Morgan fingerprint density at radius 3 is 2.11 bits per heavy atom. The Hall–Kier alpha value is -1.58. The predicted octanol–water partition coefficient (Wildman–Crippen LogP) is 7.77. The summed E-state index contributed by atoms with van der Waals surface area (Å²) in [7, 11) is 0. The second-order valence-corrected chi connectivity index (χ2v) is 12.3. The van der Waals surface area contributed by atoms with Gasteiger partial charge in [-0.15, -0.1) is 0 Å². The van der Waals surface area contributed by atoms with E-state index in [0.29, 0.717) is 5.41 Å². The van der Waals surface area contributed by atoms with Gasteiger partial charge in [-0.3, -0.25) is 4.98 Å². The van der Waals surface area contributed by atoms with Crippen molar-refractivity contribution in [2.24, 2.45) is 23.2 Å². The lowest BCUT2D eigenvalue weighted by molar-refractivity contribution is -0.0596. The van der Waals surface area contributed by atoms with Gasteiger partial charge >= 0.3 is 6.03 Å². The zero-order valence-corrected chi connectivity index (χ0v) is 22.5. The zero-order valence-electron chi connectivity index (χ0n) is 22.5. The lowest BCUT2D eigenvalue weighted by Gasteiger charge is -2.57. The second-order valence-electron chi connectivity index (χ2n) is 12.3. The number of unbranched alkanes of at least 4 members (excludes halogenated alkanes) is 7. The molecule has 2 amide bonds. The molecule has 0 aromatic carbocycles. The molecule has 0 spiro atoms. The molecule has 4 bridgehead atoms. The average Bonchev–Trinajstić information content (AvgIpc) is 2.85. The average molecular weight is 482 g/mol. The van der Waals surface area contributed by atoms with E-state index in [1.165, 1.54) is 95.5 Å². The van der Waals surface area contributed by atoms with Crippen molar-refractivity contribution in [1.82, 2.24) is 15.2 Å². The predicted molar refractivity (Wildman–Crippen MR) is 145 cm³/mol. The molecule has 0 unspecified atom stereocenters. The van der Waals surface area contributed by atoms with Gasteiger partial charge in [0, 0.05) is 32.0 Å². The molecule has 0 saturated heterocycles. The van der Waals surface area contributed by atoms with Gasteiger partial charge in [0.15, 0.2) is 0 Å². The fourth-order valence-corrected chi connectivity index (χ4v) is 7.87. The molecular formula is C31H51N3O. The molecule has 4 fully saturated rings. The van der Waals surface area contributed by atoms with E-state index in [1.807, 2.05) is 12.4 Å². The Morgan fingerprint density at radius 1 is 0.886 bits per heavy atom. The molecule has 4 aliphatic carbocycles. The van der Waals surface area contributed by atoms with Crippen molar-refractivity contribution in [3.8, 4) is 0 Å². The maximum Gasteiger partial charge on any atom is 0.317 e. The molecule has 4 saturated carbocycles. The summed E-state index contributed by atoms with van der Waals surface area (Å²) in [4.78, 5) is 19.5. The molecule has 0 aliphatic heterocycles. The summed E-state index contributed by atoms with van der Waals surface area (Å²) in [6.45, 7) is 4.92. The van der Waals surface area contributed by atoms with Crippen LogP contribution in [0.2, 0.25) is 0 Å². The number of urea groups is 1. The highest BCUT2D eigenvalue weighted by Gasteiger charge is 2.50. The first-order valence-corrected chi connectivity index (χ1v) is 15.1. The van der Waals surface area contributed by atoms with Gasteiger partial charge in [-0.05, 0) is 105 Å². The third-order valence-corrected chi connectivity index (χ3v) is 9.31. The molecule has 1 heterocycles. The van der Waals surface area contributed by atoms with Gasteiger partial charge in [0.25, 0.3) is 0 Å². The molecule has 4 aliphatic rings. The lowest BCUT2D eigenvalue weighted by Crippen LogP contribution is -2.48. The van der Waals surface area contributed by atoms with E-state index in [4.69, 9.17) is 0 Å². The molecule has 5 rings (SSSR count). The summed E-state index contributed by atoms with van der Waals surface area (Å²) < 4.78 is 0. The first-order valence-electron chi connectivity index (χ1n) is 15.1. The van der Waals surface area contributed by atoms with Gasteiger partial charge in [-0.2, -0.15) is 0 Å². The van der Waals surface area contributed by atoms with Gasteiger partial charge < -0.3 is 10.2 Å². The van der Waals surface area contributed by atoms with E-state index in [9.17, 15) is 4.79 Å². The number of pyridine rings is 1. The largest absolute Gasteiger partial charge is 0.338 e. The maximum absolute atomic E-state index is 13.2. The molecule has 1 aromatic rings. The lowest BCUT2D eigenvalue weighted by atomic mass is 9.49. The van der Waals surface area contributed by atoms with E-state index in [-0.39, 0.29) is 6.03 Å². The molecule has 0 atom stereocenters. The van der Waals surface area contributed by atoms with Crippen LogP contribution in [0.4, 0.5) is 4.79 Å². The van der Waals surface area contributed by atoms with Crippen LogP contribution in [0.3, 0.4) is 0 Å². The van der Waals surface area contributed by atoms with Crippen LogP contribution in [0.1, 0.15) is 115 Å². The number of rotatable bonds is 16. The number of aromatic nitrogens is 1. The zero-order chi connectivity index (χ0) is 24.3. The number of hydrogen-bond donors (Lipinski definition) is 1. The Morgan fingerprint density at radius 2 is 1.49 bits per heavy atom. The normalized spacial score (nSPS) is 26.7. The van der Waals surface area contributed by atoms with E-state index < -0.39 is 0 Å². The van der Waals surface area contributed by atoms with Crippen molar-refractivity contribution in [2.75, 3.05) is 19.6 Å². The van der Waals surface area contributed by atoms with E-state index in [1.54, 1.807) is 0 Å². The van der Waals surface area contributed by atoms with Gasteiger partial charge in [0.1, 0.15) is 0 Å². The number of aryl methyl sites for hydroxylation is 1. The number of nitrogens with one attached hydrogen (secondary N) is 1. The third kappa shape index (κ3) is 8.22. The summed E-state index contributed by atoms with van der Waals surface area (Å²) >= 11 is 0. The number of carbonyl (C=O) groups is 1. The number of nitrogens with zero attached hydrogens (tertiary/aromatic N) is 2. The Balaban J connectivity index is 1.21. The monoisotopic (exact) mass is 481 g/mol. The standard InChI is InChI=1S/C31H51N3O/c1-2-3-4-5-6-7-8-9-18-34(30(35)33-15-10-11-26-12-16-32-17-13-26)19-14-31-23-27-20-28(24-31)22-29(21-27)25-31/h12-13,16-17,27-29H,2-11,14-15,18-25H2,1H3,(H,33,35). The Bertz CT molecular complexity index is 714. The minimum absolute atomic E-state index is 0.174. The summed E-state index contributed by atoms with van der Waals surface area (Å²) in [5.41, 5.74) is 1.85. The summed E-state index contributed by atoms with van der Waals surface area (Å²) in [5, 5.41) is 3.26. The van der Waals surface area contributed by atoms with E-state index in [0.717, 1.165) is 56.7 Å². The smallest absolute Gasteiger partial charge is 0.317 e. The van der Waals surface area contributed by atoms with Crippen LogP contribution in [0, 0.1) is 23.2 Å². The number of carbonyl (C=O) groups excluding carboxylic acids is 1. The van der Waals surface area contributed by atoms with Crippen molar-refractivity contribution in [3.05, 3.63) is 30.1 Å². The van der Waals surface area contributed by atoms with E-state index >= 15 is 0 Å².